The number of hydrogen-bond donors (Lipinski definition) is 1. The number of carbonyl (C=O) groups excluding carboxylic acids is 1. The number of nitrogens with zero attached hydrogens (tertiary/aromatic N) is 2. The molecule has 1 aromatic carbocycles. The maximum Gasteiger partial charge on any atom is 0.266 e. The molecule has 3 aromatic rings. The number of rotatable bonds is 8. The summed E-state index contributed by atoms with van der Waals surface area (Å²) in [5, 5.41) is 8.87. The smallest absolute Gasteiger partial charge is 0.266 e. The molecule has 0 aliphatic heterocycles. The lowest BCUT2D eigenvalue weighted by Crippen LogP contribution is -2.32. The summed E-state index contributed by atoms with van der Waals surface area (Å²) >= 11 is 1.52. The Morgan fingerprint density at radius 2 is 1.86 bits per heavy atom. The normalized spacial score (nSPS) is 11.3. The van der Waals surface area contributed by atoms with Crippen molar-refractivity contribution in [2.45, 2.75) is 17.9 Å². The van der Waals surface area contributed by atoms with Crippen LogP contribution in [0.3, 0.4) is 0 Å². The minimum atomic E-state index is -3.50. The summed E-state index contributed by atoms with van der Waals surface area (Å²) < 4.78 is 25.7. The lowest BCUT2D eigenvalue weighted by Gasteiger charge is -2.08. The highest BCUT2D eigenvalue weighted by molar-refractivity contribution is 7.91. The van der Waals surface area contributed by atoms with E-state index in [0.29, 0.717) is 5.69 Å². The van der Waals surface area contributed by atoms with Gasteiger partial charge in [-0.05, 0) is 29.6 Å². The average Bonchev–Trinajstić information content (AvgIpc) is 3.23. The zero-order valence-electron chi connectivity index (χ0n) is 14.9. The number of aromatic nitrogens is 2. The minimum Gasteiger partial charge on any atom is -0.354 e. The molecule has 7 nitrogen and oxygen atoms in total. The second-order valence-corrected chi connectivity index (χ2v) is 9.05. The van der Waals surface area contributed by atoms with Crippen molar-refractivity contribution in [2.75, 3.05) is 12.3 Å². The Kier molecular flexibility index (Phi) is 6.37. The lowest BCUT2D eigenvalue weighted by molar-refractivity contribution is -0.120. The van der Waals surface area contributed by atoms with Crippen LogP contribution in [0.4, 0.5) is 0 Å². The molecule has 28 heavy (non-hydrogen) atoms. The molecule has 0 aliphatic carbocycles. The molecule has 146 valence electrons. The summed E-state index contributed by atoms with van der Waals surface area (Å²) in [6, 6.07) is 14.9. The van der Waals surface area contributed by atoms with Gasteiger partial charge in [-0.15, -0.1) is 11.3 Å². The average molecular weight is 418 g/mol. The van der Waals surface area contributed by atoms with E-state index >= 15 is 0 Å². The van der Waals surface area contributed by atoms with Crippen molar-refractivity contribution in [3.63, 3.8) is 0 Å². The molecule has 9 heteroatoms. The Hall–Kier alpha value is -2.78. The largest absolute Gasteiger partial charge is 0.354 e. The van der Waals surface area contributed by atoms with Gasteiger partial charge in [-0.25, -0.2) is 13.1 Å². The van der Waals surface area contributed by atoms with Gasteiger partial charge in [-0.3, -0.25) is 9.59 Å². The van der Waals surface area contributed by atoms with Crippen LogP contribution in [-0.4, -0.2) is 36.4 Å². The molecule has 3 rings (SSSR count). The SMILES string of the molecule is O=C(CCS(=O)(=O)c1ccccc1)NCCn1nc(-c2cccs2)ccc1=O. The van der Waals surface area contributed by atoms with E-state index < -0.39 is 9.84 Å². The van der Waals surface area contributed by atoms with Crippen LogP contribution in [-0.2, 0) is 21.2 Å². The molecule has 1 N–H and O–H groups in total. The molecule has 2 heterocycles. The predicted octanol–water partition coefficient (Wildman–Crippen LogP) is 1.95. The number of thiophene rings is 1. The molecule has 0 aliphatic rings. The summed E-state index contributed by atoms with van der Waals surface area (Å²) in [4.78, 5) is 25.1. The third-order valence-electron chi connectivity index (χ3n) is 3.99. The van der Waals surface area contributed by atoms with E-state index in [2.05, 4.69) is 10.4 Å². The lowest BCUT2D eigenvalue weighted by atomic mass is 10.3. The number of sulfone groups is 1. The van der Waals surface area contributed by atoms with Gasteiger partial charge in [0.2, 0.25) is 5.91 Å². The molecule has 0 bridgehead atoms. The highest BCUT2D eigenvalue weighted by atomic mass is 32.2. The first-order chi connectivity index (χ1) is 13.5. The van der Waals surface area contributed by atoms with E-state index in [9.17, 15) is 18.0 Å². The van der Waals surface area contributed by atoms with Gasteiger partial charge in [0.25, 0.3) is 5.56 Å². The molecule has 1 amide bonds. The van der Waals surface area contributed by atoms with Crippen molar-refractivity contribution in [3.8, 4) is 10.6 Å². The number of amides is 1. The van der Waals surface area contributed by atoms with E-state index in [0.717, 1.165) is 4.88 Å². The van der Waals surface area contributed by atoms with Crippen molar-refractivity contribution in [1.29, 1.82) is 0 Å². The first-order valence-electron chi connectivity index (χ1n) is 8.62. The Bertz CT molecular complexity index is 1090. The van der Waals surface area contributed by atoms with Gasteiger partial charge in [0, 0.05) is 19.0 Å². The quantitative estimate of drug-likeness (QED) is 0.604. The van der Waals surface area contributed by atoms with Gasteiger partial charge in [-0.1, -0.05) is 24.3 Å². The fourth-order valence-electron chi connectivity index (χ4n) is 2.53. The topological polar surface area (TPSA) is 98.1 Å². The van der Waals surface area contributed by atoms with Gasteiger partial charge in [0.15, 0.2) is 9.84 Å². The number of hydrogen-bond acceptors (Lipinski definition) is 6. The Labute approximate surface area is 166 Å². The van der Waals surface area contributed by atoms with Crippen molar-refractivity contribution >= 4 is 27.1 Å². The molecular formula is C19H19N3O4S2. The molecule has 0 spiro atoms. The second kappa shape index (κ2) is 8.94. The summed E-state index contributed by atoms with van der Waals surface area (Å²) in [6.07, 6.45) is -0.144. The fraction of sp³-hybridized carbons (Fsp3) is 0.211. The van der Waals surface area contributed by atoms with Gasteiger partial charge < -0.3 is 5.32 Å². The van der Waals surface area contributed by atoms with Crippen LogP contribution in [0, 0.1) is 0 Å². The van der Waals surface area contributed by atoms with Crippen LogP contribution < -0.4 is 10.9 Å². The van der Waals surface area contributed by atoms with E-state index in [1.807, 2.05) is 17.5 Å². The molecule has 0 unspecified atom stereocenters. The Morgan fingerprint density at radius 3 is 2.57 bits per heavy atom. The van der Waals surface area contributed by atoms with Gasteiger partial charge in [0.05, 0.1) is 22.1 Å². The first kappa shape index (κ1) is 20.0. The Morgan fingerprint density at radius 1 is 1.07 bits per heavy atom. The summed E-state index contributed by atoms with van der Waals surface area (Å²) in [6.45, 7) is 0.389. The first-order valence-corrected chi connectivity index (χ1v) is 11.2. The highest BCUT2D eigenvalue weighted by Gasteiger charge is 2.16. The zero-order chi connectivity index (χ0) is 20.0. The molecule has 0 fully saturated rings. The molecule has 2 aromatic heterocycles. The summed E-state index contributed by atoms with van der Waals surface area (Å²) in [5.41, 5.74) is 0.427. The van der Waals surface area contributed by atoms with Crippen LogP contribution in [0.15, 0.2) is 69.7 Å². The van der Waals surface area contributed by atoms with Crippen molar-refractivity contribution in [3.05, 3.63) is 70.3 Å². The molecule has 0 radical (unpaired) electrons. The summed E-state index contributed by atoms with van der Waals surface area (Å²) in [5.74, 6) is -0.656. The Balaban J connectivity index is 1.52. The van der Waals surface area contributed by atoms with Crippen LogP contribution >= 0.6 is 11.3 Å². The van der Waals surface area contributed by atoms with E-state index in [-0.39, 0.29) is 41.6 Å². The number of carbonyl (C=O) groups is 1. The van der Waals surface area contributed by atoms with Crippen LogP contribution in [0.5, 0.6) is 0 Å². The van der Waals surface area contributed by atoms with Gasteiger partial charge >= 0.3 is 0 Å². The van der Waals surface area contributed by atoms with Crippen molar-refractivity contribution in [2.24, 2.45) is 0 Å². The standard InChI is InChI=1S/C19H19N3O4S2/c23-18(10-14-28(25,26)15-5-2-1-3-6-15)20-11-12-22-19(24)9-8-16(21-22)17-7-4-13-27-17/h1-9,13H,10-12,14H2,(H,20,23). The van der Waals surface area contributed by atoms with Crippen LogP contribution in [0.1, 0.15) is 6.42 Å². The second-order valence-electron chi connectivity index (χ2n) is 5.99. The van der Waals surface area contributed by atoms with Crippen LogP contribution in [0.25, 0.3) is 10.6 Å². The zero-order valence-corrected chi connectivity index (χ0v) is 16.6. The van der Waals surface area contributed by atoms with E-state index in [4.69, 9.17) is 0 Å². The third-order valence-corrected chi connectivity index (χ3v) is 6.61. The molecule has 0 saturated carbocycles. The van der Waals surface area contributed by atoms with E-state index in [1.165, 1.54) is 34.2 Å². The maximum atomic E-state index is 12.2. The minimum absolute atomic E-state index is 0.144. The van der Waals surface area contributed by atoms with Gasteiger partial charge in [-0.2, -0.15) is 5.10 Å². The van der Waals surface area contributed by atoms with Crippen molar-refractivity contribution in [1.82, 2.24) is 15.1 Å². The third kappa shape index (κ3) is 5.14. The molecule has 0 saturated heterocycles. The van der Waals surface area contributed by atoms with E-state index in [1.54, 1.807) is 24.3 Å². The summed E-state index contributed by atoms with van der Waals surface area (Å²) in [7, 11) is -3.50. The van der Waals surface area contributed by atoms with Gasteiger partial charge in [0.1, 0.15) is 5.69 Å². The van der Waals surface area contributed by atoms with Crippen LogP contribution in [0.2, 0.25) is 0 Å². The molecular weight excluding hydrogens is 398 g/mol. The number of nitrogens with one attached hydrogen (secondary N) is 1. The fourth-order valence-corrected chi connectivity index (χ4v) is 4.48. The highest BCUT2D eigenvalue weighted by Crippen LogP contribution is 2.20. The monoisotopic (exact) mass is 417 g/mol. The predicted molar refractivity (Wildman–Crippen MR) is 108 cm³/mol. The van der Waals surface area contributed by atoms with Crippen molar-refractivity contribution < 1.29 is 13.2 Å². The number of benzene rings is 1. The molecule has 0 atom stereocenters. The maximum absolute atomic E-state index is 12.2.